The number of para-hydroxylation sites is 2. The Labute approximate surface area is 151 Å². The van der Waals surface area contributed by atoms with Crippen LogP contribution in [0.15, 0.2) is 42.5 Å². The van der Waals surface area contributed by atoms with E-state index in [9.17, 15) is 9.18 Å². The van der Waals surface area contributed by atoms with Crippen LogP contribution >= 0.6 is 0 Å². The van der Waals surface area contributed by atoms with Gasteiger partial charge in [-0.05, 0) is 36.8 Å². The molecular formula is C20H22FN3O2. The molecule has 1 amide bonds. The zero-order valence-electron chi connectivity index (χ0n) is 15.1. The summed E-state index contributed by atoms with van der Waals surface area (Å²) in [6.45, 7) is 4.01. The summed E-state index contributed by atoms with van der Waals surface area (Å²) >= 11 is 0. The fraction of sp³-hybridized carbons (Fsp3) is 0.300. The summed E-state index contributed by atoms with van der Waals surface area (Å²) in [7, 11) is 1.42. The second kappa shape index (κ2) is 7.56. The van der Waals surface area contributed by atoms with Crippen molar-refractivity contribution in [3.63, 3.8) is 0 Å². The number of halogens is 1. The van der Waals surface area contributed by atoms with Crippen LogP contribution in [0, 0.1) is 5.82 Å². The predicted octanol–water partition coefficient (Wildman–Crippen LogP) is 3.62. The third-order valence-electron chi connectivity index (χ3n) is 4.40. The molecule has 0 spiro atoms. The second-order valence-corrected chi connectivity index (χ2v) is 6.14. The summed E-state index contributed by atoms with van der Waals surface area (Å²) in [5.41, 5.74) is 2.49. The first kappa shape index (κ1) is 17.9. The van der Waals surface area contributed by atoms with Gasteiger partial charge in [-0.2, -0.15) is 0 Å². The van der Waals surface area contributed by atoms with Gasteiger partial charge in [-0.25, -0.2) is 9.37 Å². The van der Waals surface area contributed by atoms with Crippen molar-refractivity contribution in [1.29, 1.82) is 0 Å². The number of ether oxygens (including phenoxy) is 1. The molecule has 5 nitrogen and oxygen atoms in total. The number of carbonyl (C=O) groups excluding carboxylic acids is 1. The normalized spacial score (nSPS) is 12.2. The number of aryl methyl sites for hydroxylation is 1. The molecule has 26 heavy (non-hydrogen) atoms. The molecule has 0 fully saturated rings. The standard InChI is InChI=1S/C20H22FN3O2/c1-4-19-23-16-7-5-6-8-17(16)24(19)12-20(25)22-13(2)14-9-10-18(26-3)15(21)11-14/h5-11,13H,4,12H2,1-3H3,(H,22,25). The molecule has 0 aliphatic heterocycles. The molecule has 136 valence electrons. The van der Waals surface area contributed by atoms with Gasteiger partial charge in [-0.1, -0.05) is 25.1 Å². The lowest BCUT2D eigenvalue weighted by Gasteiger charge is -2.16. The van der Waals surface area contributed by atoms with E-state index in [2.05, 4.69) is 10.3 Å². The molecule has 0 aliphatic carbocycles. The van der Waals surface area contributed by atoms with Crippen molar-refractivity contribution in [1.82, 2.24) is 14.9 Å². The SMILES string of the molecule is CCc1nc2ccccc2n1CC(=O)NC(C)c1ccc(OC)c(F)c1. The van der Waals surface area contributed by atoms with E-state index in [0.29, 0.717) is 5.56 Å². The lowest BCUT2D eigenvalue weighted by Crippen LogP contribution is -2.30. The van der Waals surface area contributed by atoms with Crippen molar-refractivity contribution in [2.45, 2.75) is 32.9 Å². The summed E-state index contributed by atoms with van der Waals surface area (Å²) in [4.78, 5) is 17.1. The summed E-state index contributed by atoms with van der Waals surface area (Å²) in [5.74, 6) is 0.459. The molecular weight excluding hydrogens is 333 g/mol. The second-order valence-electron chi connectivity index (χ2n) is 6.14. The van der Waals surface area contributed by atoms with Crippen LogP contribution < -0.4 is 10.1 Å². The van der Waals surface area contributed by atoms with Crippen LogP contribution in [0.25, 0.3) is 11.0 Å². The van der Waals surface area contributed by atoms with Gasteiger partial charge in [0.15, 0.2) is 11.6 Å². The number of nitrogens with zero attached hydrogens (tertiary/aromatic N) is 2. The molecule has 0 bridgehead atoms. The van der Waals surface area contributed by atoms with Crippen molar-refractivity contribution in [3.8, 4) is 5.75 Å². The number of imidazole rings is 1. The number of carbonyl (C=O) groups is 1. The van der Waals surface area contributed by atoms with Crippen LogP contribution in [0.4, 0.5) is 4.39 Å². The van der Waals surface area contributed by atoms with E-state index in [1.165, 1.54) is 13.2 Å². The number of amides is 1. The van der Waals surface area contributed by atoms with Gasteiger partial charge in [-0.3, -0.25) is 4.79 Å². The Bertz CT molecular complexity index is 936. The van der Waals surface area contributed by atoms with Gasteiger partial charge in [0.1, 0.15) is 12.4 Å². The molecule has 1 atom stereocenters. The molecule has 0 radical (unpaired) electrons. The first-order valence-corrected chi connectivity index (χ1v) is 8.60. The Morgan fingerprint density at radius 1 is 1.31 bits per heavy atom. The smallest absolute Gasteiger partial charge is 0.240 e. The van der Waals surface area contributed by atoms with Gasteiger partial charge >= 0.3 is 0 Å². The van der Waals surface area contributed by atoms with Gasteiger partial charge in [0, 0.05) is 6.42 Å². The maximum absolute atomic E-state index is 13.9. The van der Waals surface area contributed by atoms with Crippen molar-refractivity contribution in [2.75, 3.05) is 7.11 Å². The van der Waals surface area contributed by atoms with E-state index in [-0.39, 0.29) is 24.2 Å². The largest absolute Gasteiger partial charge is 0.494 e. The molecule has 0 aliphatic rings. The van der Waals surface area contributed by atoms with Crippen molar-refractivity contribution >= 4 is 16.9 Å². The number of hydrogen-bond acceptors (Lipinski definition) is 3. The van der Waals surface area contributed by atoms with E-state index >= 15 is 0 Å². The molecule has 3 rings (SSSR count). The highest BCUT2D eigenvalue weighted by Crippen LogP contribution is 2.22. The van der Waals surface area contributed by atoms with Gasteiger partial charge < -0.3 is 14.6 Å². The monoisotopic (exact) mass is 355 g/mol. The highest BCUT2D eigenvalue weighted by molar-refractivity contribution is 5.81. The zero-order valence-corrected chi connectivity index (χ0v) is 15.1. The molecule has 3 aromatic rings. The molecule has 0 saturated carbocycles. The fourth-order valence-corrected chi connectivity index (χ4v) is 3.04. The van der Waals surface area contributed by atoms with Crippen LogP contribution in [0.5, 0.6) is 5.75 Å². The molecule has 1 N–H and O–H groups in total. The Balaban J connectivity index is 1.76. The van der Waals surface area contributed by atoms with E-state index < -0.39 is 5.82 Å². The highest BCUT2D eigenvalue weighted by atomic mass is 19.1. The predicted molar refractivity (Wildman–Crippen MR) is 98.6 cm³/mol. The minimum atomic E-state index is -0.444. The third kappa shape index (κ3) is 3.54. The highest BCUT2D eigenvalue weighted by Gasteiger charge is 2.15. The summed E-state index contributed by atoms with van der Waals surface area (Å²) in [6, 6.07) is 12.1. The number of rotatable bonds is 6. The van der Waals surface area contributed by atoms with Gasteiger partial charge in [-0.15, -0.1) is 0 Å². The Morgan fingerprint density at radius 3 is 2.77 bits per heavy atom. The fourth-order valence-electron chi connectivity index (χ4n) is 3.04. The Hall–Kier alpha value is -2.89. The Morgan fingerprint density at radius 2 is 2.08 bits per heavy atom. The van der Waals surface area contributed by atoms with Gasteiger partial charge in [0.2, 0.25) is 5.91 Å². The first-order chi connectivity index (χ1) is 12.5. The average molecular weight is 355 g/mol. The molecule has 2 aromatic carbocycles. The zero-order chi connectivity index (χ0) is 18.7. The minimum absolute atomic E-state index is 0.147. The van der Waals surface area contributed by atoms with E-state index in [0.717, 1.165) is 23.3 Å². The number of nitrogens with one attached hydrogen (secondary N) is 1. The number of hydrogen-bond donors (Lipinski definition) is 1. The molecule has 1 aromatic heterocycles. The minimum Gasteiger partial charge on any atom is -0.494 e. The quantitative estimate of drug-likeness (QED) is 0.735. The lowest BCUT2D eigenvalue weighted by molar-refractivity contribution is -0.122. The van der Waals surface area contributed by atoms with E-state index in [4.69, 9.17) is 4.74 Å². The molecule has 0 saturated heterocycles. The maximum atomic E-state index is 13.9. The molecule has 1 unspecified atom stereocenters. The van der Waals surface area contributed by atoms with Gasteiger partial charge in [0.25, 0.3) is 0 Å². The van der Waals surface area contributed by atoms with Crippen LogP contribution in [0.3, 0.4) is 0 Å². The van der Waals surface area contributed by atoms with Crippen molar-refractivity contribution in [3.05, 3.63) is 59.7 Å². The average Bonchev–Trinajstić information content (AvgIpc) is 2.99. The van der Waals surface area contributed by atoms with Crippen LogP contribution in [0.1, 0.15) is 31.3 Å². The van der Waals surface area contributed by atoms with Crippen LogP contribution in [0.2, 0.25) is 0 Å². The molecule has 6 heteroatoms. The summed E-state index contributed by atoms with van der Waals surface area (Å²) in [5, 5.41) is 2.92. The number of methoxy groups -OCH3 is 1. The summed E-state index contributed by atoms with van der Waals surface area (Å²) in [6.07, 6.45) is 0.737. The third-order valence-corrected chi connectivity index (χ3v) is 4.40. The summed E-state index contributed by atoms with van der Waals surface area (Å²) < 4.78 is 20.7. The lowest BCUT2D eigenvalue weighted by atomic mass is 10.1. The van der Waals surface area contributed by atoms with Crippen molar-refractivity contribution < 1.29 is 13.9 Å². The van der Waals surface area contributed by atoms with Gasteiger partial charge in [0.05, 0.1) is 24.2 Å². The molecule has 1 heterocycles. The van der Waals surface area contributed by atoms with E-state index in [1.54, 1.807) is 12.1 Å². The van der Waals surface area contributed by atoms with Crippen LogP contribution in [-0.4, -0.2) is 22.6 Å². The first-order valence-electron chi connectivity index (χ1n) is 8.60. The topological polar surface area (TPSA) is 56.2 Å². The van der Waals surface area contributed by atoms with Crippen LogP contribution in [-0.2, 0) is 17.8 Å². The van der Waals surface area contributed by atoms with E-state index in [1.807, 2.05) is 42.7 Å². The maximum Gasteiger partial charge on any atom is 0.240 e. The van der Waals surface area contributed by atoms with Crippen molar-refractivity contribution in [2.24, 2.45) is 0 Å². The number of benzene rings is 2. The Kier molecular flexibility index (Phi) is 5.21. The number of aromatic nitrogens is 2. The number of fused-ring (bicyclic) bond motifs is 1.